The van der Waals surface area contributed by atoms with E-state index in [1.54, 1.807) is 0 Å². The zero-order valence-electron chi connectivity index (χ0n) is 8.66. The second kappa shape index (κ2) is 4.73. The van der Waals surface area contributed by atoms with Crippen LogP contribution in [0.5, 0.6) is 11.5 Å². The summed E-state index contributed by atoms with van der Waals surface area (Å²) in [5, 5.41) is 0. The Labute approximate surface area is 90.2 Å². The molecule has 7 heteroatoms. The van der Waals surface area contributed by atoms with Crippen LogP contribution in [0.1, 0.15) is 22.5 Å². The molecule has 1 aromatic rings. The van der Waals surface area contributed by atoms with Crippen molar-refractivity contribution in [3.63, 3.8) is 0 Å². The molecule has 0 saturated heterocycles. The van der Waals surface area contributed by atoms with Crippen LogP contribution in [0.3, 0.4) is 0 Å². The van der Waals surface area contributed by atoms with E-state index < -0.39 is 17.9 Å². The van der Waals surface area contributed by atoms with Crippen LogP contribution in [0.25, 0.3) is 0 Å². The maximum atomic E-state index is 12.8. The van der Waals surface area contributed by atoms with Gasteiger partial charge in [-0.15, -0.1) is 0 Å². The molecule has 0 aromatic carbocycles. The number of aromatic nitrogens is 1. The number of ether oxygens (including phenoxy) is 2. The molecule has 1 amide bonds. The molecule has 0 bridgehead atoms. The SMILES string of the molecule is COc1cnc(C(N)=O)c(OC)c1C(F)F. The Morgan fingerprint density at radius 2 is 2.06 bits per heavy atom. The number of carbonyl (C=O) groups is 1. The van der Waals surface area contributed by atoms with Crippen LogP contribution in [0.4, 0.5) is 8.78 Å². The monoisotopic (exact) mass is 232 g/mol. The Balaban J connectivity index is 3.49. The molecule has 88 valence electrons. The highest BCUT2D eigenvalue weighted by Crippen LogP contribution is 2.37. The topological polar surface area (TPSA) is 74.4 Å². The second-order valence-electron chi connectivity index (χ2n) is 2.79. The summed E-state index contributed by atoms with van der Waals surface area (Å²) in [4.78, 5) is 14.6. The number of carbonyl (C=O) groups excluding carboxylic acids is 1. The number of halogens is 2. The summed E-state index contributed by atoms with van der Waals surface area (Å²) in [5.74, 6) is -1.46. The van der Waals surface area contributed by atoms with Gasteiger partial charge in [-0.25, -0.2) is 13.8 Å². The number of hydrogen-bond donors (Lipinski definition) is 1. The van der Waals surface area contributed by atoms with Crippen LogP contribution >= 0.6 is 0 Å². The summed E-state index contributed by atoms with van der Waals surface area (Å²) in [6.45, 7) is 0. The van der Waals surface area contributed by atoms with Gasteiger partial charge >= 0.3 is 0 Å². The molecule has 0 unspecified atom stereocenters. The fourth-order valence-corrected chi connectivity index (χ4v) is 1.24. The second-order valence-corrected chi connectivity index (χ2v) is 2.79. The van der Waals surface area contributed by atoms with Gasteiger partial charge in [0.15, 0.2) is 11.4 Å². The van der Waals surface area contributed by atoms with Gasteiger partial charge in [-0.3, -0.25) is 4.79 Å². The van der Waals surface area contributed by atoms with Gasteiger partial charge in [-0.1, -0.05) is 0 Å². The molecule has 5 nitrogen and oxygen atoms in total. The number of nitrogens with two attached hydrogens (primary N) is 1. The van der Waals surface area contributed by atoms with Crippen LogP contribution in [-0.2, 0) is 0 Å². The van der Waals surface area contributed by atoms with Crippen molar-refractivity contribution in [2.45, 2.75) is 6.43 Å². The lowest BCUT2D eigenvalue weighted by atomic mass is 10.1. The number of hydrogen-bond acceptors (Lipinski definition) is 4. The largest absolute Gasteiger partial charge is 0.494 e. The Morgan fingerprint density at radius 1 is 1.44 bits per heavy atom. The fraction of sp³-hybridized carbons (Fsp3) is 0.333. The van der Waals surface area contributed by atoms with Gasteiger partial charge in [-0.05, 0) is 0 Å². The molecule has 0 spiro atoms. The van der Waals surface area contributed by atoms with Gasteiger partial charge in [0.25, 0.3) is 12.3 Å². The standard InChI is InChI=1S/C9H10F2N2O3/c1-15-4-3-13-6(9(12)14)7(16-2)5(4)8(10)11/h3,8H,1-2H3,(H2,12,14). The van der Waals surface area contributed by atoms with Crippen molar-refractivity contribution in [1.29, 1.82) is 0 Å². The third-order valence-corrected chi connectivity index (χ3v) is 1.91. The minimum absolute atomic E-state index is 0.156. The van der Waals surface area contributed by atoms with E-state index >= 15 is 0 Å². The molecule has 0 aliphatic heterocycles. The molecule has 0 aliphatic carbocycles. The third kappa shape index (κ3) is 2.02. The summed E-state index contributed by atoms with van der Waals surface area (Å²) in [7, 11) is 2.36. The molecular weight excluding hydrogens is 222 g/mol. The Kier molecular flexibility index (Phi) is 3.60. The molecule has 0 atom stereocenters. The van der Waals surface area contributed by atoms with Crippen LogP contribution < -0.4 is 15.2 Å². The summed E-state index contributed by atoms with van der Waals surface area (Å²) in [6, 6.07) is 0. The number of nitrogens with zero attached hydrogens (tertiary/aromatic N) is 1. The lowest BCUT2D eigenvalue weighted by Gasteiger charge is -2.13. The first-order chi connectivity index (χ1) is 7.52. The van der Waals surface area contributed by atoms with Crippen LogP contribution in [0, 0.1) is 0 Å². The predicted octanol–water partition coefficient (Wildman–Crippen LogP) is 1.14. The Bertz CT molecular complexity index is 410. The number of methoxy groups -OCH3 is 2. The number of alkyl halides is 2. The average Bonchev–Trinajstić information content (AvgIpc) is 2.26. The lowest BCUT2D eigenvalue weighted by Crippen LogP contribution is -2.16. The molecule has 0 radical (unpaired) electrons. The zero-order chi connectivity index (χ0) is 12.3. The van der Waals surface area contributed by atoms with Crippen molar-refractivity contribution in [2.75, 3.05) is 14.2 Å². The van der Waals surface area contributed by atoms with Gasteiger partial charge in [0.2, 0.25) is 0 Å². The van der Waals surface area contributed by atoms with E-state index in [2.05, 4.69) is 4.98 Å². The predicted molar refractivity (Wildman–Crippen MR) is 50.8 cm³/mol. The van der Waals surface area contributed by atoms with Crippen molar-refractivity contribution >= 4 is 5.91 Å². The van der Waals surface area contributed by atoms with Crippen LogP contribution in [0.15, 0.2) is 6.20 Å². The molecule has 0 saturated carbocycles. The molecule has 1 rings (SSSR count). The summed E-state index contributed by atoms with van der Waals surface area (Å²) < 4.78 is 35.0. The zero-order valence-corrected chi connectivity index (χ0v) is 8.66. The number of pyridine rings is 1. The first-order valence-electron chi connectivity index (χ1n) is 4.21. The Morgan fingerprint density at radius 3 is 2.44 bits per heavy atom. The van der Waals surface area contributed by atoms with Crippen molar-refractivity contribution in [3.05, 3.63) is 17.5 Å². The highest BCUT2D eigenvalue weighted by atomic mass is 19.3. The summed E-state index contributed by atoms with van der Waals surface area (Å²) in [5.41, 5.74) is 4.10. The van der Waals surface area contributed by atoms with Crippen molar-refractivity contribution in [1.82, 2.24) is 4.98 Å². The summed E-state index contributed by atoms with van der Waals surface area (Å²) in [6.07, 6.45) is -1.85. The van der Waals surface area contributed by atoms with Crippen molar-refractivity contribution in [3.8, 4) is 11.5 Å². The number of primary amides is 1. The van der Waals surface area contributed by atoms with Crippen LogP contribution in [0.2, 0.25) is 0 Å². The third-order valence-electron chi connectivity index (χ3n) is 1.91. The molecular formula is C9H10F2N2O3. The molecule has 0 fully saturated rings. The highest BCUT2D eigenvalue weighted by Gasteiger charge is 2.25. The van der Waals surface area contributed by atoms with E-state index in [9.17, 15) is 13.6 Å². The molecule has 16 heavy (non-hydrogen) atoms. The van der Waals surface area contributed by atoms with Crippen molar-refractivity contribution < 1.29 is 23.0 Å². The quantitative estimate of drug-likeness (QED) is 0.844. The van der Waals surface area contributed by atoms with Gasteiger partial charge in [0.05, 0.1) is 20.4 Å². The normalized spacial score (nSPS) is 10.3. The van der Waals surface area contributed by atoms with E-state index in [1.807, 2.05) is 0 Å². The summed E-state index contributed by atoms with van der Waals surface area (Å²) >= 11 is 0. The van der Waals surface area contributed by atoms with E-state index in [-0.39, 0.29) is 17.2 Å². The van der Waals surface area contributed by atoms with E-state index in [0.717, 1.165) is 13.3 Å². The minimum atomic E-state index is -2.86. The van der Waals surface area contributed by atoms with E-state index in [4.69, 9.17) is 15.2 Å². The number of rotatable bonds is 4. The van der Waals surface area contributed by atoms with Gasteiger partial charge < -0.3 is 15.2 Å². The molecule has 1 heterocycles. The van der Waals surface area contributed by atoms with Crippen LogP contribution in [-0.4, -0.2) is 25.1 Å². The first-order valence-corrected chi connectivity index (χ1v) is 4.21. The average molecular weight is 232 g/mol. The van der Waals surface area contributed by atoms with Gasteiger partial charge in [-0.2, -0.15) is 0 Å². The lowest BCUT2D eigenvalue weighted by molar-refractivity contribution is 0.0990. The number of amides is 1. The van der Waals surface area contributed by atoms with Gasteiger partial charge in [0, 0.05) is 0 Å². The highest BCUT2D eigenvalue weighted by molar-refractivity contribution is 5.94. The fourth-order valence-electron chi connectivity index (χ4n) is 1.24. The maximum Gasteiger partial charge on any atom is 0.271 e. The van der Waals surface area contributed by atoms with E-state index in [1.165, 1.54) is 7.11 Å². The first kappa shape index (κ1) is 12.2. The van der Waals surface area contributed by atoms with Crippen molar-refractivity contribution in [2.24, 2.45) is 5.73 Å². The Hall–Kier alpha value is -1.92. The van der Waals surface area contributed by atoms with Gasteiger partial charge in [0.1, 0.15) is 11.3 Å². The minimum Gasteiger partial charge on any atom is -0.494 e. The van der Waals surface area contributed by atoms with E-state index in [0.29, 0.717) is 0 Å². The molecule has 2 N–H and O–H groups in total. The maximum absolute atomic E-state index is 12.8. The molecule has 0 aliphatic rings. The molecule has 1 aromatic heterocycles. The smallest absolute Gasteiger partial charge is 0.271 e.